The van der Waals surface area contributed by atoms with Crippen LogP contribution < -0.4 is 5.32 Å². The molecule has 24 heavy (non-hydrogen) atoms. The van der Waals surface area contributed by atoms with E-state index in [0.29, 0.717) is 13.1 Å². The third kappa shape index (κ3) is 4.59. The van der Waals surface area contributed by atoms with Crippen molar-refractivity contribution in [2.75, 3.05) is 13.1 Å². The predicted molar refractivity (Wildman–Crippen MR) is 97.0 cm³/mol. The van der Waals surface area contributed by atoms with E-state index in [1.165, 1.54) is 5.56 Å². The molecule has 2 rings (SSSR count). The number of hydrogen-bond donors (Lipinski definition) is 1. The number of nitrogens with one attached hydrogen (secondary N) is 1. The second-order valence-corrected chi connectivity index (χ2v) is 8.06. The normalized spacial score (nSPS) is 16.3. The van der Waals surface area contributed by atoms with Gasteiger partial charge in [-0.1, -0.05) is 46.8 Å². The van der Waals surface area contributed by atoms with E-state index in [1.807, 2.05) is 43.0 Å². The molecule has 2 amide bonds. The fourth-order valence-electron chi connectivity index (χ4n) is 2.89. The molecule has 0 atom stereocenters. The van der Waals surface area contributed by atoms with Gasteiger partial charge in [0, 0.05) is 30.6 Å². The molecule has 1 heterocycles. The van der Waals surface area contributed by atoms with Crippen LogP contribution >= 0.6 is 0 Å². The van der Waals surface area contributed by atoms with Crippen LogP contribution in [0.25, 0.3) is 0 Å². The van der Waals surface area contributed by atoms with Crippen molar-refractivity contribution < 1.29 is 9.59 Å². The smallest absolute Gasteiger partial charge is 0.253 e. The van der Waals surface area contributed by atoms with Crippen molar-refractivity contribution in [2.45, 2.75) is 58.9 Å². The molecule has 1 N–H and O–H groups in total. The van der Waals surface area contributed by atoms with Gasteiger partial charge in [0.05, 0.1) is 0 Å². The van der Waals surface area contributed by atoms with Crippen molar-refractivity contribution in [1.29, 1.82) is 0 Å². The Labute approximate surface area is 145 Å². The minimum absolute atomic E-state index is 0.00555. The number of nitrogens with zero attached hydrogens (tertiary/aromatic N) is 1. The topological polar surface area (TPSA) is 49.4 Å². The van der Waals surface area contributed by atoms with Crippen LogP contribution in [0.3, 0.4) is 0 Å². The number of carbonyl (C=O) groups excluding carboxylic acids is 2. The zero-order valence-electron chi connectivity index (χ0n) is 15.6. The molecule has 1 aromatic carbocycles. The van der Waals surface area contributed by atoms with Crippen LogP contribution in [-0.2, 0) is 10.2 Å². The summed E-state index contributed by atoms with van der Waals surface area (Å²) >= 11 is 0. The van der Waals surface area contributed by atoms with Gasteiger partial charge in [0.25, 0.3) is 5.91 Å². The standard InChI is InChI=1S/C20H30N2O2/c1-14(2)18(23)21-17-10-12-22(13-11-17)19(24)15-6-8-16(9-7-15)20(3,4)5/h6-9,14,17H,10-13H2,1-5H3,(H,21,23). The van der Waals surface area contributed by atoms with Crippen LogP contribution in [0.2, 0.25) is 0 Å². The molecule has 0 unspecified atom stereocenters. The molecule has 4 heteroatoms. The van der Waals surface area contributed by atoms with Gasteiger partial charge in [-0.05, 0) is 36.0 Å². The molecular weight excluding hydrogens is 300 g/mol. The van der Waals surface area contributed by atoms with E-state index in [9.17, 15) is 9.59 Å². The molecule has 0 spiro atoms. The van der Waals surface area contributed by atoms with Crippen LogP contribution in [-0.4, -0.2) is 35.8 Å². The number of benzene rings is 1. The Morgan fingerprint density at radius 2 is 1.62 bits per heavy atom. The van der Waals surface area contributed by atoms with E-state index in [2.05, 4.69) is 26.1 Å². The van der Waals surface area contributed by atoms with Crippen LogP contribution in [0.1, 0.15) is 63.4 Å². The lowest BCUT2D eigenvalue weighted by molar-refractivity contribution is -0.124. The van der Waals surface area contributed by atoms with E-state index in [-0.39, 0.29) is 29.2 Å². The van der Waals surface area contributed by atoms with Crippen LogP contribution in [0.5, 0.6) is 0 Å². The van der Waals surface area contributed by atoms with Crippen molar-refractivity contribution in [3.63, 3.8) is 0 Å². The number of piperidine rings is 1. The van der Waals surface area contributed by atoms with Crippen LogP contribution in [0.15, 0.2) is 24.3 Å². The minimum atomic E-state index is 0.00555. The predicted octanol–water partition coefficient (Wildman–Crippen LogP) is 3.36. The summed E-state index contributed by atoms with van der Waals surface area (Å²) in [6.45, 7) is 11.7. The second kappa shape index (κ2) is 7.37. The highest BCUT2D eigenvalue weighted by Gasteiger charge is 2.25. The molecule has 0 bridgehead atoms. The quantitative estimate of drug-likeness (QED) is 0.924. The molecule has 1 aliphatic rings. The summed E-state index contributed by atoms with van der Waals surface area (Å²) in [5.74, 6) is 0.188. The zero-order valence-corrected chi connectivity index (χ0v) is 15.6. The molecule has 0 saturated carbocycles. The van der Waals surface area contributed by atoms with E-state index >= 15 is 0 Å². The van der Waals surface area contributed by atoms with Gasteiger partial charge in [0.1, 0.15) is 0 Å². The summed E-state index contributed by atoms with van der Waals surface area (Å²) < 4.78 is 0. The monoisotopic (exact) mass is 330 g/mol. The van der Waals surface area contributed by atoms with Gasteiger partial charge in [-0.25, -0.2) is 0 Å². The van der Waals surface area contributed by atoms with Gasteiger partial charge in [-0.2, -0.15) is 0 Å². The number of rotatable bonds is 3. The number of likely N-dealkylation sites (tertiary alicyclic amines) is 1. The molecule has 1 fully saturated rings. The first-order valence-electron chi connectivity index (χ1n) is 8.88. The van der Waals surface area contributed by atoms with Crippen molar-refractivity contribution in [1.82, 2.24) is 10.2 Å². The Hall–Kier alpha value is -1.84. The second-order valence-electron chi connectivity index (χ2n) is 8.06. The summed E-state index contributed by atoms with van der Waals surface area (Å²) in [5.41, 5.74) is 2.07. The van der Waals surface area contributed by atoms with Gasteiger partial charge < -0.3 is 10.2 Å². The lowest BCUT2D eigenvalue weighted by atomic mass is 9.86. The van der Waals surface area contributed by atoms with Crippen molar-refractivity contribution in [3.8, 4) is 0 Å². The van der Waals surface area contributed by atoms with Crippen LogP contribution in [0, 0.1) is 5.92 Å². The van der Waals surface area contributed by atoms with Gasteiger partial charge in [0.15, 0.2) is 0 Å². The molecule has 4 nitrogen and oxygen atoms in total. The number of carbonyl (C=O) groups is 2. The third-order valence-electron chi connectivity index (χ3n) is 4.65. The van der Waals surface area contributed by atoms with E-state index in [0.717, 1.165) is 18.4 Å². The van der Waals surface area contributed by atoms with Crippen molar-refractivity contribution in [3.05, 3.63) is 35.4 Å². The van der Waals surface area contributed by atoms with Crippen molar-refractivity contribution in [2.24, 2.45) is 5.92 Å². The number of hydrogen-bond acceptors (Lipinski definition) is 2. The molecule has 132 valence electrons. The molecule has 0 radical (unpaired) electrons. The summed E-state index contributed by atoms with van der Waals surface area (Å²) in [6, 6.07) is 8.13. The Bertz CT molecular complexity index is 577. The maximum absolute atomic E-state index is 12.6. The molecule has 0 aromatic heterocycles. The summed E-state index contributed by atoms with van der Waals surface area (Å²) in [5, 5.41) is 3.06. The summed E-state index contributed by atoms with van der Waals surface area (Å²) in [4.78, 5) is 26.3. The SMILES string of the molecule is CC(C)C(=O)NC1CCN(C(=O)c2ccc(C(C)(C)C)cc2)CC1. The fourth-order valence-corrected chi connectivity index (χ4v) is 2.89. The van der Waals surface area contributed by atoms with Gasteiger partial charge in [-0.3, -0.25) is 9.59 Å². The Morgan fingerprint density at radius 3 is 2.08 bits per heavy atom. The minimum Gasteiger partial charge on any atom is -0.353 e. The Balaban J connectivity index is 1.92. The van der Waals surface area contributed by atoms with E-state index < -0.39 is 0 Å². The average Bonchev–Trinajstić information content (AvgIpc) is 2.54. The number of amides is 2. The van der Waals surface area contributed by atoms with Gasteiger partial charge >= 0.3 is 0 Å². The molecule has 1 aliphatic heterocycles. The van der Waals surface area contributed by atoms with E-state index in [1.54, 1.807) is 0 Å². The largest absolute Gasteiger partial charge is 0.353 e. The fraction of sp³-hybridized carbons (Fsp3) is 0.600. The highest BCUT2D eigenvalue weighted by Crippen LogP contribution is 2.23. The maximum Gasteiger partial charge on any atom is 0.253 e. The third-order valence-corrected chi connectivity index (χ3v) is 4.65. The summed E-state index contributed by atoms with van der Waals surface area (Å²) in [6.07, 6.45) is 1.65. The lowest BCUT2D eigenvalue weighted by Gasteiger charge is -2.33. The molecule has 0 aliphatic carbocycles. The highest BCUT2D eigenvalue weighted by atomic mass is 16.2. The van der Waals surface area contributed by atoms with Gasteiger partial charge in [0.2, 0.25) is 5.91 Å². The zero-order chi connectivity index (χ0) is 17.9. The maximum atomic E-state index is 12.6. The lowest BCUT2D eigenvalue weighted by Crippen LogP contribution is -2.47. The van der Waals surface area contributed by atoms with E-state index in [4.69, 9.17) is 0 Å². The Kier molecular flexibility index (Phi) is 5.68. The first-order chi connectivity index (χ1) is 11.2. The van der Waals surface area contributed by atoms with Crippen LogP contribution in [0.4, 0.5) is 0 Å². The summed E-state index contributed by atoms with van der Waals surface area (Å²) in [7, 11) is 0. The average molecular weight is 330 g/mol. The molecular formula is C20H30N2O2. The van der Waals surface area contributed by atoms with Crippen molar-refractivity contribution >= 4 is 11.8 Å². The first-order valence-corrected chi connectivity index (χ1v) is 8.88. The Morgan fingerprint density at radius 1 is 1.08 bits per heavy atom. The van der Waals surface area contributed by atoms with Gasteiger partial charge in [-0.15, -0.1) is 0 Å². The highest BCUT2D eigenvalue weighted by molar-refractivity contribution is 5.94. The molecule has 1 saturated heterocycles. The first kappa shape index (κ1) is 18.5. The molecule has 1 aromatic rings.